The molecule has 0 aromatic heterocycles. The molecular formula is C30H50O6. The highest BCUT2D eigenvalue weighted by molar-refractivity contribution is 5.70. The number of carbonyl (C=O) groups excluding carboxylic acids is 1. The number of esters is 1. The molecule has 0 bridgehead atoms. The molecule has 11 atom stereocenters. The van der Waals surface area contributed by atoms with Crippen molar-refractivity contribution in [2.45, 2.75) is 124 Å². The summed E-state index contributed by atoms with van der Waals surface area (Å²) in [4.78, 5) is 23.8. The molecule has 206 valence electrons. The van der Waals surface area contributed by atoms with Crippen LogP contribution < -0.4 is 0 Å². The van der Waals surface area contributed by atoms with Crippen molar-refractivity contribution in [3.63, 3.8) is 0 Å². The third kappa shape index (κ3) is 4.98. The third-order valence-corrected chi connectivity index (χ3v) is 11.4. The number of fused-ring (bicyclic) bond motifs is 5. The lowest BCUT2D eigenvalue weighted by Gasteiger charge is -2.63. The number of ether oxygens (including phenoxy) is 1. The molecule has 4 saturated carbocycles. The summed E-state index contributed by atoms with van der Waals surface area (Å²) < 4.78 is 5.59. The summed E-state index contributed by atoms with van der Waals surface area (Å²) >= 11 is 0. The smallest absolute Gasteiger partial charge is 0.306 e. The van der Waals surface area contributed by atoms with Gasteiger partial charge in [0.25, 0.3) is 0 Å². The average molecular weight is 507 g/mol. The average Bonchev–Trinajstić information content (AvgIpc) is 3.11. The summed E-state index contributed by atoms with van der Waals surface area (Å²) in [6, 6.07) is 0. The summed E-state index contributed by atoms with van der Waals surface area (Å²) in [5, 5.41) is 31.9. The minimum Gasteiger partial charge on any atom is -0.481 e. The lowest BCUT2D eigenvalue weighted by Crippen LogP contribution is -2.59. The topological polar surface area (TPSA) is 104 Å². The number of hydrogen-bond acceptors (Lipinski definition) is 5. The number of hydrogen-bond donors (Lipinski definition) is 3. The maximum absolute atomic E-state index is 12.6. The maximum atomic E-state index is 12.6. The molecule has 1 unspecified atom stereocenters. The SMILES string of the molecule is C[C@H](CCC(=O)O)[C@H]1CC[C@H]2[C@@H]3CC[C@@H]4C[C@H](O)C(CC(=O)OC(C)(C)C)C[C@]4(C)[C@H]3C[C@H](O)[C@]12C. The van der Waals surface area contributed by atoms with E-state index in [0.717, 1.165) is 44.9 Å². The van der Waals surface area contributed by atoms with Gasteiger partial charge in [-0.15, -0.1) is 0 Å². The van der Waals surface area contributed by atoms with E-state index in [-0.39, 0.29) is 41.5 Å². The van der Waals surface area contributed by atoms with Gasteiger partial charge in [0, 0.05) is 6.42 Å². The van der Waals surface area contributed by atoms with Gasteiger partial charge in [0.15, 0.2) is 0 Å². The van der Waals surface area contributed by atoms with Gasteiger partial charge in [-0.25, -0.2) is 0 Å². The van der Waals surface area contributed by atoms with E-state index in [1.54, 1.807) is 0 Å². The molecule has 0 aromatic carbocycles. The predicted molar refractivity (Wildman–Crippen MR) is 138 cm³/mol. The Morgan fingerprint density at radius 1 is 1.03 bits per heavy atom. The minimum atomic E-state index is -0.738. The Hall–Kier alpha value is -1.14. The highest BCUT2D eigenvalue weighted by Gasteiger charge is 2.64. The zero-order valence-corrected chi connectivity index (χ0v) is 23.3. The Bertz CT molecular complexity index is 834. The van der Waals surface area contributed by atoms with E-state index in [9.17, 15) is 24.9 Å². The van der Waals surface area contributed by atoms with E-state index in [1.165, 1.54) is 0 Å². The molecule has 6 heteroatoms. The minimum absolute atomic E-state index is 0.00411. The molecule has 0 heterocycles. The molecule has 0 aromatic rings. The van der Waals surface area contributed by atoms with Crippen molar-refractivity contribution in [2.24, 2.45) is 52.3 Å². The number of carbonyl (C=O) groups is 2. The number of carboxylic acids is 1. The number of rotatable bonds is 6. The van der Waals surface area contributed by atoms with E-state index in [1.807, 2.05) is 20.8 Å². The number of carboxylic acid groups (broad SMARTS) is 1. The second-order valence-corrected chi connectivity index (χ2v) is 14.4. The molecule has 0 aliphatic heterocycles. The van der Waals surface area contributed by atoms with Gasteiger partial charge in [-0.2, -0.15) is 0 Å². The van der Waals surface area contributed by atoms with E-state index in [0.29, 0.717) is 36.0 Å². The first-order chi connectivity index (χ1) is 16.7. The maximum Gasteiger partial charge on any atom is 0.306 e. The Balaban J connectivity index is 1.53. The zero-order valence-electron chi connectivity index (χ0n) is 23.3. The molecule has 36 heavy (non-hydrogen) atoms. The fourth-order valence-electron chi connectivity index (χ4n) is 9.71. The fraction of sp³-hybridized carbons (Fsp3) is 0.933. The molecule has 3 N–H and O–H groups in total. The van der Waals surface area contributed by atoms with Crippen LogP contribution >= 0.6 is 0 Å². The van der Waals surface area contributed by atoms with Gasteiger partial charge in [-0.05, 0) is 124 Å². The number of aliphatic carboxylic acids is 1. The first kappa shape index (κ1) is 27.9. The van der Waals surface area contributed by atoms with Crippen LogP contribution in [-0.4, -0.2) is 45.1 Å². The van der Waals surface area contributed by atoms with Gasteiger partial charge in [0.1, 0.15) is 5.60 Å². The normalized spacial score (nSPS) is 45.2. The molecular weight excluding hydrogens is 456 g/mol. The van der Waals surface area contributed by atoms with Crippen molar-refractivity contribution in [2.75, 3.05) is 0 Å². The van der Waals surface area contributed by atoms with Gasteiger partial charge in [0.05, 0.1) is 18.6 Å². The summed E-state index contributed by atoms with van der Waals surface area (Å²) in [6.07, 6.45) is 7.03. The van der Waals surface area contributed by atoms with Crippen molar-refractivity contribution in [1.29, 1.82) is 0 Å². The highest BCUT2D eigenvalue weighted by Crippen LogP contribution is 2.68. The van der Waals surface area contributed by atoms with Crippen LogP contribution in [0.15, 0.2) is 0 Å². The fourth-order valence-corrected chi connectivity index (χ4v) is 9.71. The molecule has 6 nitrogen and oxygen atoms in total. The Labute approximate surface area is 217 Å². The van der Waals surface area contributed by atoms with Crippen LogP contribution in [0.5, 0.6) is 0 Å². The van der Waals surface area contributed by atoms with Crippen LogP contribution in [0.3, 0.4) is 0 Å². The quantitative estimate of drug-likeness (QED) is 0.415. The summed E-state index contributed by atoms with van der Waals surface area (Å²) in [5.41, 5.74) is -0.686. The van der Waals surface area contributed by atoms with Crippen LogP contribution in [0.2, 0.25) is 0 Å². The zero-order chi connectivity index (χ0) is 26.6. The summed E-state index contributed by atoms with van der Waals surface area (Å²) in [5.74, 6) is 1.40. The molecule has 4 fully saturated rings. The monoisotopic (exact) mass is 506 g/mol. The Morgan fingerprint density at radius 2 is 1.72 bits per heavy atom. The van der Waals surface area contributed by atoms with Crippen molar-refractivity contribution >= 4 is 11.9 Å². The van der Waals surface area contributed by atoms with Gasteiger partial charge in [-0.1, -0.05) is 20.8 Å². The summed E-state index contributed by atoms with van der Waals surface area (Å²) in [6.45, 7) is 12.5. The summed E-state index contributed by atoms with van der Waals surface area (Å²) in [7, 11) is 0. The number of aliphatic hydroxyl groups excluding tert-OH is 2. The first-order valence-electron chi connectivity index (χ1n) is 14.5. The van der Waals surface area contributed by atoms with Crippen molar-refractivity contribution in [1.82, 2.24) is 0 Å². The Morgan fingerprint density at radius 3 is 2.36 bits per heavy atom. The van der Waals surface area contributed by atoms with Crippen molar-refractivity contribution < 1.29 is 29.6 Å². The molecule has 4 aliphatic carbocycles. The number of aliphatic hydroxyl groups is 2. The van der Waals surface area contributed by atoms with Crippen molar-refractivity contribution in [3.05, 3.63) is 0 Å². The second-order valence-electron chi connectivity index (χ2n) is 14.4. The van der Waals surface area contributed by atoms with Gasteiger partial charge < -0.3 is 20.1 Å². The largest absolute Gasteiger partial charge is 0.481 e. The van der Waals surface area contributed by atoms with Crippen LogP contribution in [0, 0.1) is 52.3 Å². The van der Waals surface area contributed by atoms with Crippen LogP contribution in [-0.2, 0) is 14.3 Å². The van der Waals surface area contributed by atoms with Crippen molar-refractivity contribution in [3.8, 4) is 0 Å². The van der Waals surface area contributed by atoms with Gasteiger partial charge in [0.2, 0.25) is 0 Å². The first-order valence-corrected chi connectivity index (χ1v) is 14.5. The van der Waals surface area contributed by atoms with Gasteiger partial charge in [-0.3, -0.25) is 9.59 Å². The third-order valence-electron chi connectivity index (χ3n) is 11.4. The molecule has 0 spiro atoms. The van der Waals surface area contributed by atoms with Crippen LogP contribution in [0.25, 0.3) is 0 Å². The lowest BCUT2D eigenvalue weighted by atomic mass is 9.43. The van der Waals surface area contributed by atoms with E-state index in [2.05, 4.69) is 20.8 Å². The molecule has 4 rings (SSSR count). The van der Waals surface area contributed by atoms with Crippen LogP contribution in [0.1, 0.15) is 106 Å². The highest BCUT2D eigenvalue weighted by atomic mass is 16.6. The standard InChI is InChI=1S/C30H50O6/c1-17(7-12-26(33)34)21-10-11-22-20-9-8-19-14-24(31)18(13-27(35)36-28(2,3)4)16-29(19,5)23(20)15-25(32)30(21,22)6/h17-25,31-32H,7-16H2,1-6H3,(H,33,34)/t17-,18?,19-,20+,21-,22+,23+,24+,25+,29+,30-/m1/s1. The predicted octanol–water partition coefficient (Wildman–Crippen LogP) is 5.44. The second kappa shape index (κ2) is 9.87. The van der Waals surface area contributed by atoms with Crippen LogP contribution in [0.4, 0.5) is 0 Å². The van der Waals surface area contributed by atoms with E-state index < -0.39 is 23.8 Å². The molecule has 0 radical (unpaired) electrons. The molecule has 4 aliphatic rings. The Kier molecular flexibility index (Phi) is 7.65. The van der Waals surface area contributed by atoms with Gasteiger partial charge >= 0.3 is 11.9 Å². The van der Waals surface area contributed by atoms with E-state index >= 15 is 0 Å². The lowest BCUT2D eigenvalue weighted by molar-refractivity contribution is -0.186. The molecule has 0 amide bonds. The van der Waals surface area contributed by atoms with E-state index in [4.69, 9.17) is 4.74 Å². The molecule has 0 saturated heterocycles.